The number of H-pyrrole nitrogens is 1. The van der Waals surface area contributed by atoms with E-state index in [0.29, 0.717) is 6.04 Å². The molecular formula is C18H23N5S. The first kappa shape index (κ1) is 15.6. The summed E-state index contributed by atoms with van der Waals surface area (Å²) in [6.45, 7) is 4.43. The number of hydrogen-bond donors (Lipinski definition) is 1. The van der Waals surface area contributed by atoms with Crippen molar-refractivity contribution >= 4 is 11.3 Å². The van der Waals surface area contributed by atoms with E-state index in [4.69, 9.17) is 0 Å². The zero-order chi connectivity index (χ0) is 16.5. The molecule has 0 aliphatic carbocycles. The maximum absolute atomic E-state index is 4.55. The Labute approximate surface area is 146 Å². The number of thiophene rings is 1. The summed E-state index contributed by atoms with van der Waals surface area (Å²) in [5, 5.41) is 18.9. The van der Waals surface area contributed by atoms with Gasteiger partial charge in [0.1, 0.15) is 5.69 Å². The first-order valence-corrected chi connectivity index (χ1v) is 9.76. The predicted molar refractivity (Wildman–Crippen MR) is 97.2 cm³/mol. The first-order chi connectivity index (χ1) is 11.8. The van der Waals surface area contributed by atoms with Crippen LogP contribution in [0.1, 0.15) is 56.8 Å². The Balaban J connectivity index is 1.80. The van der Waals surface area contributed by atoms with E-state index in [9.17, 15) is 0 Å². The summed E-state index contributed by atoms with van der Waals surface area (Å²) in [6, 6.07) is 4.63. The van der Waals surface area contributed by atoms with Crippen LogP contribution in [0, 0.1) is 0 Å². The zero-order valence-corrected chi connectivity index (χ0v) is 15.1. The summed E-state index contributed by atoms with van der Waals surface area (Å²) in [4.78, 5) is 1.18. The van der Waals surface area contributed by atoms with E-state index >= 15 is 0 Å². The van der Waals surface area contributed by atoms with Crippen LogP contribution in [0.5, 0.6) is 0 Å². The number of aryl methyl sites for hydroxylation is 1. The number of rotatable bonds is 6. The number of nitrogens with one attached hydrogen (secondary N) is 1. The third kappa shape index (κ3) is 2.49. The van der Waals surface area contributed by atoms with E-state index in [1.165, 1.54) is 41.8 Å². The van der Waals surface area contributed by atoms with Gasteiger partial charge in [-0.2, -0.15) is 5.10 Å². The highest BCUT2D eigenvalue weighted by Gasteiger charge is 2.32. The summed E-state index contributed by atoms with van der Waals surface area (Å²) in [5.74, 6) is 1.92. The van der Waals surface area contributed by atoms with Gasteiger partial charge >= 0.3 is 0 Å². The number of fused-ring (bicyclic) bond motifs is 3. The summed E-state index contributed by atoms with van der Waals surface area (Å²) < 4.78 is 2.34. The fraction of sp³-hybridized carbons (Fsp3) is 0.500. The molecule has 0 bridgehead atoms. The quantitative estimate of drug-likeness (QED) is 0.665. The molecule has 126 valence electrons. The minimum atomic E-state index is 0.425. The van der Waals surface area contributed by atoms with Crippen molar-refractivity contribution in [1.82, 2.24) is 25.0 Å². The molecule has 3 aromatic heterocycles. The average Bonchev–Trinajstić information content (AvgIpc) is 3.32. The van der Waals surface area contributed by atoms with Crippen molar-refractivity contribution in [3.05, 3.63) is 28.8 Å². The normalized spacial score (nSPS) is 16.2. The van der Waals surface area contributed by atoms with Gasteiger partial charge in [-0.05, 0) is 30.7 Å². The van der Waals surface area contributed by atoms with Gasteiger partial charge in [0.2, 0.25) is 0 Å². The van der Waals surface area contributed by atoms with Crippen LogP contribution in [0.4, 0.5) is 0 Å². The van der Waals surface area contributed by atoms with Gasteiger partial charge in [-0.1, -0.05) is 39.2 Å². The number of hydrogen-bond acceptors (Lipinski definition) is 4. The van der Waals surface area contributed by atoms with Crippen molar-refractivity contribution in [2.45, 2.75) is 58.4 Å². The van der Waals surface area contributed by atoms with Crippen LogP contribution >= 0.6 is 11.3 Å². The average molecular weight is 341 g/mol. The Morgan fingerprint density at radius 1 is 1.25 bits per heavy atom. The molecule has 1 N–H and O–H groups in total. The highest BCUT2D eigenvalue weighted by molar-refractivity contribution is 7.13. The molecule has 1 aliphatic rings. The zero-order valence-electron chi connectivity index (χ0n) is 14.2. The molecule has 1 aliphatic heterocycles. The number of aromatic nitrogens is 5. The lowest BCUT2D eigenvalue weighted by Crippen LogP contribution is -2.20. The second-order valence-electron chi connectivity index (χ2n) is 6.43. The lowest BCUT2D eigenvalue weighted by molar-refractivity contribution is 0.437. The largest absolute Gasteiger partial charge is 0.301 e. The lowest BCUT2D eigenvalue weighted by atomic mass is 9.94. The first-order valence-electron chi connectivity index (χ1n) is 8.88. The molecule has 6 heteroatoms. The van der Waals surface area contributed by atoms with Crippen molar-refractivity contribution in [2.75, 3.05) is 0 Å². The van der Waals surface area contributed by atoms with Gasteiger partial charge in [0.25, 0.3) is 0 Å². The van der Waals surface area contributed by atoms with Crippen LogP contribution < -0.4 is 0 Å². The molecule has 4 heterocycles. The molecule has 1 unspecified atom stereocenters. The predicted octanol–water partition coefficient (Wildman–Crippen LogP) is 4.64. The Morgan fingerprint density at radius 3 is 2.88 bits per heavy atom. The number of nitrogens with zero attached hydrogens (tertiary/aromatic N) is 4. The van der Waals surface area contributed by atoms with Gasteiger partial charge in [0, 0.05) is 17.3 Å². The molecule has 0 amide bonds. The molecule has 5 nitrogen and oxygen atoms in total. The van der Waals surface area contributed by atoms with Crippen molar-refractivity contribution in [3.63, 3.8) is 0 Å². The molecule has 3 aromatic rings. The van der Waals surface area contributed by atoms with E-state index in [0.717, 1.165) is 30.2 Å². The van der Waals surface area contributed by atoms with Gasteiger partial charge in [0.05, 0.1) is 4.88 Å². The van der Waals surface area contributed by atoms with E-state index in [2.05, 4.69) is 56.3 Å². The van der Waals surface area contributed by atoms with Gasteiger partial charge in [-0.15, -0.1) is 21.5 Å². The van der Waals surface area contributed by atoms with E-state index in [-0.39, 0.29) is 0 Å². The molecule has 0 saturated carbocycles. The Hall–Kier alpha value is -1.95. The lowest BCUT2D eigenvalue weighted by Gasteiger charge is -2.26. The van der Waals surface area contributed by atoms with E-state index in [1.807, 2.05) is 0 Å². The van der Waals surface area contributed by atoms with Gasteiger partial charge in [-0.3, -0.25) is 5.10 Å². The van der Waals surface area contributed by atoms with Crippen molar-refractivity contribution in [3.8, 4) is 22.2 Å². The van der Waals surface area contributed by atoms with Gasteiger partial charge in [-0.25, -0.2) is 0 Å². The molecule has 4 rings (SSSR count). The third-order valence-electron chi connectivity index (χ3n) is 4.90. The molecular weight excluding hydrogens is 318 g/mol. The highest BCUT2D eigenvalue weighted by Crippen LogP contribution is 2.40. The molecule has 0 fully saturated rings. The number of unbranched alkanes of at least 4 members (excludes halogenated alkanes) is 2. The SMILES string of the molecule is CCCCCC1Cc2c(n[nH]c2CC)-c2nnc(-c3cccs3)n21. The van der Waals surface area contributed by atoms with Crippen LogP contribution in [0.3, 0.4) is 0 Å². The minimum absolute atomic E-state index is 0.425. The summed E-state index contributed by atoms with van der Waals surface area (Å²) >= 11 is 1.72. The summed E-state index contributed by atoms with van der Waals surface area (Å²) in [7, 11) is 0. The smallest absolute Gasteiger partial charge is 0.185 e. The van der Waals surface area contributed by atoms with E-state index in [1.54, 1.807) is 11.3 Å². The molecule has 0 radical (unpaired) electrons. The monoisotopic (exact) mass is 341 g/mol. The van der Waals surface area contributed by atoms with Crippen LogP contribution in [0.25, 0.3) is 22.2 Å². The summed E-state index contributed by atoms with van der Waals surface area (Å²) in [6.07, 6.45) is 6.96. The molecule has 0 spiro atoms. The maximum Gasteiger partial charge on any atom is 0.185 e. The Kier molecular flexibility index (Phi) is 4.22. The molecule has 24 heavy (non-hydrogen) atoms. The molecule has 0 aromatic carbocycles. The maximum atomic E-state index is 4.55. The summed E-state index contributed by atoms with van der Waals surface area (Å²) in [5.41, 5.74) is 3.59. The van der Waals surface area contributed by atoms with Crippen molar-refractivity contribution in [1.29, 1.82) is 0 Å². The number of aromatic amines is 1. The highest BCUT2D eigenvalue weighted by atomic mass is 32.1. The van der Waals surface area contributed by atoms with Gasteiger partial charge in [0.15, 0.2) is 11.6 Å². The fourth-order valence-electron chi connectivity index (χ4n) is 3.66. The Bertz CT molecular complexity index is 815. The van der Waals surface area contributed by atoms with Crippen molar-refractivity contribution < 1.29 is 0 Å². The molecule has 1 atom stereocenters. The topological polar surface area (TPSA) is 59.4 Å². The second kappa shape index (κ2) is 6.51. The second-order valence-corrected chi connectivity index (χ2v) is 7.38. The van der Waals surface area contributed by atoms with Crippen LogP contribution in [-0.4, -0.2) is 25.0 Å². The Morgan fingerprint density at radius 2 is 2.12 bits per heavy atom. The minimum Gasteiger partial charge on any atom is -0.301 e. The van der Waals surface area contributed by atoms with E-state index < -0.39 is 0 Å². The van der Waals surface area contributed by atoms with Crippen LogP contribution in [0.2, 0.25) is 0 Å². The van der Waals surface area contributed by atoms with Gasteiger partial charge < -0.3 is 4.57 Å². The third-order valence-corrected chi connectivity index (χ3v) is 5.77. The van der Waals surface area contributed by atoms with Crippen LogP contribution in [0.15, 0.2) is 17.5 Å². The standard InChI is InChI=1S/C18H23N5S/c1-3-5-6-8-12-11-13-14(4-2)19-20-16(13)18-22-21-17(23(12)18)15-9-7-10-24-15/h7,9-10,12H,3-6,8,11H2,1-2H3,(H,19,20). The fourth-order valence-corrected chi connectivity index (χ4v) is 4.36. The van der Waals surface area contributed by atoms with Crippen molar-refractivity contribution in [2.24, 2.45) is 0 Å². The van der Waals surface area contributed by atoms with Crippen LogP contribution in [-0.2, 0) is 12.8 Å². The molecule has 0 saturated heterocycles.